The standard InChI is InChI=1S/C14H19ClN4O3/c1-2-22-14(20)18-7-5-11(6-8-18)19(17-21)13-4-3-10(15)9-12(13)16/h3-4,9,11H,2,5-8,16H2,1H3. The summed E-state index contributed by atoms with van der Waals surface area (Å²) < 4.78 is 4.97. The zero-order valence-electron chi connectivity index (χ0n) is 12.4. The Kier molecular flexibility index (Phi) is 5.43. The van der Waals surface area contributed by atoms with Gasteiger partial charge in [0.2, 0.25) is 0 Å². The predicted octanol–water partition coefficient (Wildman–Crippen LogP) is 3.03. The molecule has 0 saturated carbocycles. The van der Waals surface area contributed by atoms with E-state index in [1.165, 1.54) is 5.01 Å². The molecule has 0 aliphatic carbocycles. The number of rotatable bonds is 4. The molecule has 1 aromatic carbocycles. The van der Waals surface area contributed by atoms with Crippen LogP contribution in [0.1, 0.15) is 19.8 Å². The summed E-state index contributed by atoms with van der Waals surface area (Å²) in [5.74, 6) is 0. The fourth-order valence-corrected chi connectivity index (χ4v) is 2.73. The number of amides is 1. The molecule has 0 bridgehead atoms. The van der Waals surface area contributed by atoms with Gasteiger partial charge in [0, 0.05) is 18.1 Å². The number of carbonyl (C=O) groups excluding carboxylic acids is 1. The molecule has 1 amide bonds. The number of nitrogens with zero attached hydrogens (tertiary/aromatic N) is 3. The Hall–Kier alpha value is -2.02. The third-order valence-electron chi connectivity index (χ3n) is 3.66. The zero-order chi connectivity index (χ0) is 16.1. The van der Waals surface area contributed by atoms with Gasteiger partial charge in [0.25, 0.3) is 0 Å². The summed E-state index contributed by atoms with van der Waals surface area (Å²) in [5.41, 5.74) is 6.85. The van der Waals surface area contributed by atoms with Crippen molar-refractivity contribution in [3.05, 3.63) is 28.1 Å². The maximum absolute atomic E-state index is 11.7. The Morgan fingerprint density at radius 2 is 2.18 bits per heavy atom. The molecule has 1 aliphatic heterocycles. The topological polar surface area (TPSA) is 88.2 Å². The lowest BCUT2D eigenvalue weighted by Crippen LogP contribution is -2.45. The van der Waals surface area contributed by atoms with Gasteiger partial charge in [-0.2, -0.15) is 0 Å². The predicted molar refractivity (Wildman–Crippen MR) is 85.8 cm³/mol. The van der Waals surface area contributed by atoms with Crippen molar-refractivity contribution in [3.63, 3.8) is 0 Å². The van der Waals surface area contributed by atoms with Crippen LogP contribution in [-0.2, 0) is 4.74 Å². The van der Waals surface area contributed by atoms with Crippen LogP contribution in [0.4, 0.5) is 16.2 Å². The Morgan fingerprint density at radius 3 is 2.73 bits per heavy atom. The first-order valence-corrected chi connectivity index (χ1v) is 7.53. The number of piperidine rings is 1. The highest BCUT2D eigenvalue weighted by atomic mass is 35.5. The SMILES string of the molecule is CCOC(=O)N1CCC(N(N=O)c2ccc(Cl)cc2N)CC1. The van der Waals surface area contributed by atoms with E-state index in [1.54, 1.807) is 30.0 Å². The first kappa shape index (κ1) is 16.4. The number of ether oxygens (including phenoxy) is 1. The van der Waals surface area contributed by atoms with E-state index in [0.29, 0.717) is 48.9 Å². The molecule has 0 unspecified atom stereocenters. The van der Waals surface area contributed by atoms with Gasteiger partial charge in [-0.1, -0.05) is 11.6 Å². The summed E-state index contributed by atoms with van der Waals surface area (Å²) in [5, 5.41) is 4.98. The van der Waals surface area contributed by atoms with Crippen LogP contribution in [0.15, 0.2) is 23.5 Å². The molecular weight excluding hydrogens is 308 g/mol. The van der Waals surface area contributed by atoms with Gasteiger partial charge in [-0.25, -0.2) is 9.80 Å². The summed E-state index contributed by atoms with van der Waals surface area (Å²) >= 11 is 5.87. The molecule has 2 N–H and O–H groups in total. The molecule has 22 heavy (non-hydrogen) atoms. The van der Waals surface area contributed by atoms with Gasteiger partial charge in [0.1, 0.15) is 0 Å². The highest BCUT2D eigenvalue weighted by Crippen LogP contribution is 2.31. The number of benzene rings is 1. The molecule has 1 heterocycles. The molecule has 120 valence electrons. The second-order valence-corrected chi connectivity index (χ2v) is 5.48. The summed E-state index contributed by atoms with van der Waals surface area (Å²) in [7, 11) is 0. The van der Waals surface area contributed by atoms with Gasteiger partial charge in [-0.15, -0.1) is 4.91 Å². The fourth-order valence-electron chi connectivity index (χ4n) is 2.55. The third kappa shape index (κ3) is 3.59. The van der Waals surface area contributed by atoms with Crippen molar-refractivity contribution in [2.75, 3.05) is 30.4 Å². The number of anilines is 2. The van der Waals surface area contributed by atoms with Crippen LogP contribution in [0.3, 0.4) is 0 Å². The van der Waals surface area contributed by atoms with Crippen molar-refractivity contribution in [1.82, 2.24) is 4.90 Å². The zero-order valence-corrected chi connectivity index (χ0v) is 13.1. The molecule has 2 rings (SSSR count). The van der Waals surface area contributed by atoms with E-state index in [2.05, 4.69) is 5.29 Å². The lowest BCUT2D eigenvalue weighted by Gasteiger charge is -2.35. The molecule has 0 spiro atoms. The Labute approximate surface area is 133 Å². The quantitative estimate of drug-likeness (QED) is 0.522. The highest BCUT2D eigenvalue weighted by Gasteiger charge is 2.29. The number of nitroso groups, excluding NO2 is 1. The van der Waals surface area contributed by atoms with Gasteiger partial charge in [-0.05, 0) is 38.0 Å². The molecule has 8 heteroatoms. The molecule has 1 aliphatic rings. The van der Waals surface area contributed by atoms with Crippen LogP contribution in [-0.4, -0.2) is 36.7 Å². The second-order valence-electron chi connectivity index (χ2n) is 5.05. The van der Waals surface area contributed by atoms with Gasteiger partial charge >= 0.3 is 6.09 Å². The number of hydrogen-bond acceptors (Lipinski definition) is 5. The van der Waals surface area contributed by atoms with E-state index in [4.69, 9.17) is 22.1 Å². The van der Waals surface area contributed by atoms with E-state index in [-0.39, 0.29) is 12.1 Å². The second kappa shape index (κ2) is 7.31. The fraction of sp³-hybridized carbons (Fsp3) is 0.500. The molecule has 1 fully saturated rings. The molecule has 0 radical (unpaired) electrons. The third-order valence-corrected chi connectivity index (χ3v) is 3.90. The number of likely N-dealkylation sites (tertiary alicyclic amines) is 1. The van der Waals surface area contributed by atoms with E-state index in [1.807, 2.05) is 0 Å². The molecule has 0 atom stereocenters. The molecule has 0 aromatic heterocycles. The Balaban J connectivity index is 2.05. The van der Waals surface area contributed by atoms with Crippen molar-refractivity contribution in [3.8, 4) is 0 Å². The smallest absolute Gasteiger partial charge is 0.409 e. The van der Waals surface area contributed by atoms with E-state index in [9.17, 15) is 9.70 Å². The summed E-state index contributed by atoms with van der Waals surface area (Å²) in [6, 6.07) is 4.82. The molecule has 1 saturated heterocycles. The van der Waals surface area contributed by atoms with Crippen LogP contribution in [0.25, 0.3) is 0 Å². The Morgan fingerprint density at radius 1 is 1.50 bits per heavy atom. The van der Waals surface area contributed by atoms with Crippen molar-refractivity contribution < 1.29 is 9.53 Å². The lowest BCUT2D eigenvalue weighted by atomic mass is 10.0. The van der Waals surface area contributed by atoms with Gasteiger partial charge < -0.3 is 15.4 Å². The maximum Gasteiger partial charge on any atom is 0.409 e. The summed E-state index contributed by atoms with van der Waals surface area (Å²) in [6.07, 6.45) is 0.914. The number of halogens is 1. The molecular formula is C14H19ClN4O3. The first-order valence-electron chi connectivity index (χ1n) is 7.16. The van der Waals surface area contributed by atoms with Crippen molar-refractivity contribution in [2.24, 2.45) is 5.29 Å². The number of hydrogen-bond donors (Lipinski definition) is 1. The minimum Gasteiger partial charge on any atom is -0.450 e. The molecule has 7 nitrogen and oxygen atoms in total. The van der Waals surface area contributed by atoms with Crippen LogP contribution >= 0.6 is 11.6 Å². The minimum absolute atomic E-state index is 0.105. The Bertz CT molecular complexity index is 547. The summed E-state index contributed by atoms with van der Waals surface area (Å²) in [4.78, 5) is 24.6. The van der Waals surface area contributed by atoms with Crippen molar-refractivity contribution >= 4 is 29.1 Å². The van der Waals surface area contributed by atoms with Gasteiger partial charge in [0.15, 0.2) is 0 Å². The van der Waals surface area contributed by atoms with Gasteiger partial charge in [-0.3, -0.25) is 0 Å². The monoisotopic (exact) mass is 326 g/mol. The largest absolute Gasteiger partial charge is 0.450 e. The average molecular weight is 327 g/mol. The van der Waals surface area contributed by atoms with Crippen LogP contribution in [0.2, 0.25) is 5.02 Å². The van der Waals surface area contributed by atoms with E-state index < -0.39 is 0 Å². The van der Waals surface area contributed by atoms with Crippen molar-refractivity contribution in [2.45, 2.75) is 25.8 Å². The molecule has 1 aromatic rings. The van der Waals surface area contributed by atoms with E-state index >= 15 is 0 Å². The van der Waals surface area contributed by atoms with Crippen LogP contribution in [0, 0.1) is 4.91 Å². The lowest BCUT2D eigenvalue weighted by molar-refractivity contribution is 0.0968. The normalized spacial score (nSPS) is 15.5. The first-order chi connectivity index (χ1) is 10.6. The van der Waals surface area contributed by atoms with Crippen LogP contribution in [0.5, 0.6) is 0 Å². The average Bonchev–Trinajstić information content (AvgIpc) is 2.51. The number of carbonyl (C=O) groups is 1. The van der Waals surface area contributed by atoms with E-state index in [0.717, 1.165) is 0 Å². The highest BCUT2D eigenvalue weighted by molar-refractivity contribution is 6.31. The van der Waals surface area contributed by atoms with Gasteiger partial charge in [0.05, 0.1) is 29.3 Å². The number of nitrogens with two attached hydrogens (primary N) is 1. The summed E-state index contributed by atoms with van der Waals surface area (Å²) in [6.45, 7) is 3.15. The van der Waals surface area contributed by atoms with Crippen LogP contribution < -0.4 is 10.7 Å². The van der Waals surface area contributed by atoms with Crippen molar-refractivity contribution in [1.29, 1.82) is 0 Å². The maximum atomic E-state index is 11.7. The minimum atomic E-state index is -0.322. The number of nitrogen functional groups attached to an aromatic ring is 1.